The van der Waals surface area contributed by atoms with Crippen LogP contribution in [0.15, 0.2) is 34.1 Å². The molecule has 3 aromatic rings. The van der Waals surface area contributed by atoms with E-state index in [1.165, 1.54) is 45.9 Å². The van der Waals surface area contributed by atoms with Crippen LogP contribution in [0.5, 0.6) is 5.75 Å². The maximum atomic E-state index is 6.08. The molecule has 0 radical (unpaired) electrons. The van der Waals surface area contributed by atoms with Gasteiger partial charge in [-0.15, -0.1) is 11.3 Å². The fraction of sp³-hybridized carbons (Fsp3) is 0.462. The van der Waals surface area contributed by atoms with Gasteiger partial charge in [0.05, 0.1) is 16.3 Å². The van der Waals surface area contributed by atoms with E-state index in [0.717, 1.165) is 36.2 Å². The van der Waals surface area contributed by atoms with E-state index in [4.69, 9.17) is 4.74 Å². The molecule has 0 bridgehead atoms. The van der Waals surface area contributed by atoms with Crippen LogP contribution in [-0.4, -0.2) is 28.2 Å². The average Bonchev–Trinajstić information content (AvgIpc) is 3.28. The number of fused-ring (bicyclic) bond motifs is 5. The lowest BCUT2D eigenvalue weighted by Crippen LogP contribution is -2.31. The molecular weight excluding hydrogens is 468 g/mol. The molecule has 2 aromatic heterocycles. The van der Waals surface area contributed by atoms with Crippen LogP contribution in [-0.2, 0) is 25.9 Å². The lowest BCUT2D eigenvalue weighted by molar-refractivity contribution is 0.211. The molecule has 0 atom stereocenters. The molecule has 1 aromatic carbocycles. The number of nitrogens with zero attached hydrogens (tertiary/aromatic N) is 2. The number of rotatable bonds is 4. The highest BCUT2D eigenvalue weighted by Crippen LogP contribution is 2.47. The zero-order valence-corrected chi connectivity index (χ0v) is 21.3. The Hall–Kier alpha value is -1.56. The molecule has 2 aliphatic heterocycles. The second-order valence-electron chi connectivity index (χ2n) is 9.30. The van der Waals surface area contributed by atoms with Crippen LogP contribution in [0.2, 0.25) is 0 Å². The average molecular weight is 500 g/mol. The third-order valence-corrected chi connectivity index (χ3v) is 8.09. The van der Waals surface area contributed by atoms with Crippen LogP contribution in [0.25, 0.3) is 21.7 Å². The molecule has 5 heteroatoms. The second kappa shape index (κ2) is 8.42. The minimum Gasteiger partial charge on any atom is -0.490 e. The zero-order chi connectivity index (χ0) is 21.7. The smallest absolute Gasteiger partial charge is 0.134 e. The summed E-state index contributed by atoms with van der Waals surface area (Å²) in [5.41, 5.74) is 8.76. The predicted octanol–water partition coefficient (Wildman–Crippen LogP) is 7.15. The lowest BCUT2D eigenvalue weighted by Gasteiger charge is -2.28. The van der Waals surface area contributed by atoms with Crippen molar-refractivity contribution < 1.29 is 4.74 Å². The van der Waals surface area contributed by atoms with Gasteiger partial charge in [0.25, 0.3) is 0 Å². The Morgan fingerprint density at radius 1 is 1.10 bits per heavy atom. The van der Waals surface area contributed by atoms with Crippen molar-refractivity contribution in [3.8, 4) is 27.4 Å². The Kier molecular flexibility index (Phi) is 5.78. The van der Waals surface area contributed by atoms with E-state index in [1.807, 2.05) is 11.3 Å². The highest BCUT2D eigenvalue weighted by atomic mass is 79.9. The molecule has 0 aliphatic carbocycles. The number of hydrogen-bond acceptors (Lipinski definition) is 3. The first-order chi connectivity index (χ1) is 14.9. The summed E-state index contributed by atoms with van der Waals surface area (Å²) in [6.07, 6.45) is 3.61. The predicted molar refractivity (Wildman–Crippen MR) is 134 cm³/mol. The largest absolute Gasteiger partial charge is 0.490 e. The molecule has 5 rings (SSSR count). The van der Waals surface area contributed by atoms with E-state index < -0.39 is 0 Å². The van der Waals surface area contributed by atoms with Gasteiger partial charge in [-0.1, -0.05) is 6.07 Å². The maximum Gasteiger partial charge on any atom is 0.134 e. The van der Waals surface area contributed by atoms with Crippen LogP contribution >= 0.6 is 27.3 Å². The third-order valence-electron chi connectivity index (χ3n) is 6.59. The molecule has 2 aliphatic rings. The normalized spacial score (nSPS) is 16.2. The summed E-state index contributed by atoms with van der Waals surface area (Å²) in [7, 11) is 0. The molecular formula is C26H31BrN2OS. The summed E-state index contributed by atoms with van der Waals surface area (Å²) in [5.74, 6) is 0.957. The van der Waals surface area contributed by atoms with Crippen LogP contribution in [0.1, 0.15) is 50.9 Å². The van der Waals surface area contributed by atoms with Crippen LogP contribution in [0.3, 0.4) is 0 Å². The Bertz CT molecular complexity index is 1100. The van der Waals surface area contributed by atoms with Gasteiger partial charge in [-0.3, -0.25) is 4.90 Å². The van der Waals surface area contributed by atoms with E-state index in [-0.39, 0.29) is 6.10 Å². The maximum absolute atomic E-state index is 6.08. The van der Waals surface area contributed by atoms with Gasteiger partial charge < -0.3 is 9.30 Å². The number of benzene rings is 1. The van der Waals surface area contributed by atoms with Gasteiger partial charge in [0, 0.05) is 40.8 Å². The van der Waals surface area contributed by atoms with Gasteiger partial charge in [0.2, 0.25) is 0 Å². The molecule has 0 fully saturated rings. The second-order valence-corrected chi connectivity index (χ2v) is 11.1. The zero-order valence-electron chi connectivity index (χ0n) is 18.9. The fourth-order valence-electron chi connectivity index (χ4n) is 5.15. The fourth-order valence-corrected chi connectivity index (χ4v) is 6.39. The van der Waals surface area contributed by atoms with Crippen molar-refractivity contribution in [1.82, 2.24) is 9.47 Å². The molecule has 0 saturated heterocycles. The van der Waals surface area contributed by atoms with Crippen LogP contribution in [0, 0.1) is 0 Å². The van der Waals surface area contributed by atoms with Crippen molar-refractivity contribution in [2.45, 2.75) is 72.2 Å². The Balaban J connectivity index is 1.72. The molecule has 164 valence electrons. The van der Waals surface area contributed by atoms with Crippen LogP contribution < -0.4 is 4.74 Å². The number of aryl methyl sites for hydroxylation is 1. The van der Waals surface area contributed by atoms with E-state index in [0.29, 0.717) is 6.04 Å². The van der Waals surface area contributed by atoms with Crippen molar-refractivity contribution in [1.29, 1.82) is 0 Å². The summed E-state index contributed by atoms with van der Waals surface area (Å²) in [4.78, 5) is 4.04. The first kappa shape index (κ1) is 21.3. The summed E-state index contributed by atoms with van der Waals surface area (Å²) < 4.78 is 9.77. The molecule has 4 heterocycles. The minimum absolute atomic E-state index is 0.168. The summed E-state index contributed by atoms with van der Waals surface area (Å²) >= 11 is 5.67. The highest BCUT2D eigenvalue weighted by Gasteiger charge is 2.32. The molecule has 3 nitrogen and oxygen atoms in total. The van der Waals surface area contributed by atoms with E-state index in [2.05, 4.69) is 82.7 Å². The monoisotopic (exact) mass is 498 g/mol. The highest BCUT2D eigenvalue weighted by molar-refractivity contribution is 9.10. The molecule has 0 spiro atoms. The van der Waals surface area contributed by atoms with Crippen LogP contribution in [0.4, 0.5) is 0 Å². The van der Waals surface area contributed by atoms with Gasteiger partial charge in [-0.2, -0.15) is 0 Å². The summed E-state index contributed by atoms with van der Waals surface area (Å²) in [6.45, 7) is 12.1. The van der Waals surface area contributed by atoms with E-state index >= 15 is 0 Å². The van der Waals surface area contributed by atoms with E-state index in [1.54, 1.807) is 5.56 Å². The van der Waals surface area contributed by atoms with Crippen molar-refractivity contribution in [2.75, 3.05) is 6.54 Å². The van der Waals surface area contributed by atoms with Crippen molar-refractivity contribution in [3.05, 3.63) is 50.9 Å². The number of ether oxygens (including phenoxy) is 1. The van der Waals surface area contributed by atoms with Crippen molar-refractivity contribution >= 4 is 27.3 Å². The number of hydrogen-bond donors (Lipinski definition) is 0. The lowest BCUT2D eigenvalue weighted by atomic mass is 9.94. The first-order valence-corrected chi connectivity index (χ1v) is 13.1. The SMILES string of the molecule is CC(C)Oc1cc2c(cc1Br)-c1c(-c3cccs3)c3c(n1CC2)CN(C(C)C)CCC3. The Morgan fingerprint density at radius 3 is 2.65 bits per heavy atom. The van der Waals surface area contributed by atoms with E-state index in [9.17, 15) is 0 Å². The number of halogens is 1. The van der Waals surface area contributed by atoms with Gasteiger partial charge in [-0.25, -0.2) is 0 Å². The van der Waals surface area contributed by atoms with Gasteiger partial charge >= 0.3 is 0 Å². The van der Waals surface area contributed by atoms with Gasteiger partial charge in [0.1, 0.15) is 5.75 Å². The quantitative estimate of drug-likeness (QED) is 0.380. The Labute approximate surface area is 198 Å². The Morgan fingerprint density at radius 2 is 1.94 bits per heavy atom. The first-order valence-electron chi connectivity index (χ1n) is 11.5. The molecule has 0 unspecified atom stereocenters. The molecule has 0 N–H and O–H groups in total. The van der Waals surface area contributed by atoms with Gasteiger partial charge in [-0.05, 0) is 104 Å². The standard InChI is InChI=1S/C26H31BrN2OS/c1-16(2)28-10-5-7-19-22(15-28)29-11-9-18-13-23(30-17(3)4)21(27)14-20(18)26(29)25(19)24-8-6-12-31-24/h6,8,12-14,16-17H,5,7,9-11,15H2,1-4H3. The topological polar surface area (TPSA) is 17.4 Å². The van der Waals surface area contributed by atoms with Crippen molar-refractivity contribution in [3.63, 3.8) is 0 Å². The number of thiophene rings is 1. The van der Waals surface area contributed by atoms with Gasteiger partial charge in [0.15, 0.2) is 0 Å². The minimum atomic E-state index is 0.168. The third kappa shape index (κ3) is 3.79. The van der Waals surface area contributed by atoms with Crippen molar-refractivity contribution in [2.24, 2.45) is 0 Å². The molecule has 31 heavy (non-hydrogen) atoms. The molecule has 0 amide bonds. The summed E-state index contributed by atoms with van der Waals surface area (Å²) in [5, 5.41) is 2.21. The summed E-state index contributed by atoms with van der Waals surface area (Å²) in [6, 6.07) is 9.62. The molecule has 0 saturated carbocycles. The number of aromatic nitrogens is 1.